The highest BCUT2D eigenvalue weighted by atomic mass is 127. The van der Waals surface area contributed by atoms with E-state index >= 15 is 0 Å². The smallest absolute Gasteiger partial charge is 0.356 e. The van der Waals surface area contributed by atoms with E-state index in [9.17, 15) is 14.7 Å². The molecule has 0 saturated carbocycles. The second-order valence-electron chi connectivity index (χ2n) is 10.0. The summed E-state index contributed by atoms with van der Waals surface area (Å²) in [6, 6.07) is 15.2. The van der Waals surface area contributed by atoms with Crippen molar-refractivity contribution < 1.29 is 14.7 Å². The number of nitrogens with two attached hydrogens (primary N) is 1. The minimum atomic E-state index is -0.977. The number of rotatable bonds is 4. The third-order valence-electron chi connectivity index (χ3n) is 7.43. The Kier molecular flexibility index (Phi) is 8.93. The third kappa shape index (κ3) is 5.78. The number of benzene rings is 2. The lowest BCUT2D eigenvalue weighted by atomic mass is 9.95. The summed E-state index contributed by atoms with van der Waals surface area (Å²) in [5, 5.41) is 36.0. The van der Waals surface area contributed by atoms with Crippen LogP contribution >= 0.6 is 45.2 Å². The van der Waals surface area contributed by atoms with Crippen molar-refractivity contribution in [2.75, 3.05) is 0 Å². The van der Waals surface area contributed by atoms with Gasteiger partial charge in [0.1, 0.15) is 12.1 Å². The number of hydrogen-bond donors (Lipinski definition) is 2. The monoisotopic (exact) mass is 785 g/mol. The maximum atomic E-state index is 11.6. The number of carboxylic acids is 1. The molecule has 0 fully saturated rings. The Morgan fingerprint density at radius 1 is 0.762 bits per heavy atom. The summed E-state index contributed by atoms with van der Waals surface area (Å²) in [6.45, 7) is 0. The number of amides is 1. The minimum Gasteiger partial charge on any atom is -0.476 e. The lowest BCUT2D eigenvalue weighted by molar-refractivity contribution is 0.0688. The summed E-state index contributed by atoms with van der Waals surface area (Å²) in [5.74, 6) is -1.45. The number of nitriles is 2. The Labute approximate surface area is 269 Å². The zero-order chi connectivity index (χ0) is 30.0. The third-order valence-corrected chi connectivity index (χ3v) is 9.22. The standard InChI is InChI=1S/C15H13IN4O.C15H12IN3O2/c16-12-7-10(6-5-9(12)8-17)20-13-4-2-1-3-11(13)14(19-20)15(18)21;16-12-7-10(6-5-9(12)8-17)19-13-4-2-1-3-11(13)14(18-19)15(20)21/h5-7H,1-4H2,(H2,18,21);5-7H,1-4H2,(H,20,21). The van der Waals surface area contributed by atoms with Crippen LogP contribution in [0.3, 0.4) is 0 Å². The molecule has 0 saturated heterocycles. The summed E-state index contributed by atoms with van der Waals surface area (Å²) in [5.41, 5.74) is 12.8. The van der Waals surface area contributed by atoms with E-state index in [1.54, 1.807) is 21.5 Å². The van der Waals surface area contributed by atoms with Crippen LogP contribution in [0.15, 0.2) is 36.4 Å². The summed E-state index contributed by atoms with van der Waals surface area (Å²) >= 11 is 4.24. The fourth-order valence-electron chi connectivity index (χ4n) is 5.45. The quantitative estimate of drug-likeness (QED) is 0.267. The molecule has 42 heavy (non-hydrogen) atoms. The zero-order valence-corrected chi connectivity index (χ0v) is 26.7. The lowest BCUT2D eigenvalue weighted by Crippen LogP contribution is -2.15. The van der Waals surface area contributed by atoms with Crippen LogP contribution in [-0.2, 0) is 25.7 Å². The second kappa shape index (κ2) is 12.6. The molecule has 4 aromatic rings. The number of halogens is 2. The van der Waals surface area contributed by atoms with E-state index in [1.807, 2.05) is 24.3 Å². The molecular formula is C30H25I2N7O3. The highest BCUT2D eigenvalue weighted by molar-refractivity contribution is 14.1. The van der Waals surface area contributed by atoms with Crippen LogP contribution in [-0.4, -0.2) is 36.5 Å². The van der Waals surface area contributed by atoms with E-state index in [0.29, 0.717) is 16.8 Å². The molecule has 2 aromatic carbocycles. The molecule has 0 bridgehead atoms. The van der Waals surface area contributed by atoms with E-state index in [4.69, 9.17) is 16.3 Å². The van der Waals surface area contributed by atoms with Gasteiger partial charge in [0, 0.05) is 29.7 Å². The molecular weight excluding hydrogens is 760 g/mol. The predicted octanol–water partition coefficient (Wildman–Crippen LogP) is 5.25. The molecule has 0 radical (unpaired) electrons. The van der Waals surface area contributed by atoms with Crippen LogP contribution in [0, 0.1) is 29.8 Å². The van der Waals surface area contributed by atoms with Crippen LogP contribution < -0.4 is 5.73 Å². The molecule has 2 aliphatic rings. The van der Waals surface area contributed by atoms with Crippen molar-refractivity contribution in [1.82, 2.24) is 19.6 Å². The SMILES string of the molecule is N#Cc1ccc(-n2nc(C(=O)O)c3c2CCCC3)cc1I.N#Cc1ccc(-n2nc(C(N)=O)c3c2CCCC3)cc1I. The Morgan fingerprint density at radius 2 is 1.19 bits per heavy atom. The van der Waals surface area contributed by atoms with Gasteiger partial charge in [-0.2, -0.15) is 20.7 Å². The van der Waals surface area contributed by atoms with Gasteiger partial charge in [0.25, 0.3) is 5.91 Å². The molecule has 0 atom stereocenters. The molecule has 3 N–H and O–H groups in total. The van der Waals surface area contributed by atoms with Gasteiger partial charge >= 0.3 is 5.97 Å². The van der Waals surface area contributed by atoms with Crippen LogP contribution in [0.2, 0.25) is 0 Å². The van der Waals surface area contributed by atoms with E-state index in [1.165, 1.54) is 0 Å². The summed E-state index contributed by atoms with van der Waals surface area (Å²) < 4.78 is 5.23. The fraction of sp³-hybridized carbons (Fsp3) is 0.267. The number of primary amides is 1. The number of carbonyl (C=O) groups is 2. The molecule has 12 heteroatoms. The largest absolute Gasteiger partial charge is 0.476 e. The molecule has 2 aromatic heterocycles. The van der Waals surface area contributed by atoms with Crippen molar-refractivity contribution in [2.24, 2.45) is 5.73 Å². The van der Waals surface area contributed by atoms with Crippen LogP contribution in [0.25, 0.3) is 11.4 Å². The normalized spacial score (nSPS) is 13.5. The average Bonchev–Trinajstić information content (AvgIpc) is 3.57. The number of aromatic carboxylic acids is 1. The number of nitrogens with zero attached hydrogens (tertiary/aromatic N) is 6. The van der Waals surface area contributed by atoms with Gasteiger partial charge in [0.15, 0.2) is 11.4 Å². The number of carboxylic acid groups (broad SMARTS) is 1. The van der Waals surface area contributed by atoms with Gasteiger partial charge in [-0.15, -0.1) is 0 Å². The lowest BCUT2D eigenvalue weighted by Gasteiger charge is -2.14. The first-order valence-electron chi connectivity index (χ1n) is 13.4. The first-order valence-corrected chi connectivity index (χ1v) is 15.5. The summed E-state index contributed by atoms with van der Waals surface area (Å²) in [6.07, 6.45) is 7.55. The molecule has 1 amide bonds. The topological polar surface area (TPSA) is 164 Å². The molecule has 0 unspecified atom stereocenters. The predicted molar refractivity (Wildman–Crippen MR) is 171 cm³/mol. The van der Waals surface area contributed by atoms with E-state index in [2.05, 4.69) is 67.5 Å². The molecule has 10 nitrogen and oxygen atoms in total. The van der Waals surface area contributed by atoms with Crippen molar-refractivity contribution >= 4 is 57.1 Å². The second-order valence-corrected chi connectivity index (χ2v) is 12.3. The maximum Gasteiger partial charge on any atom is 0.356 e. The Bertz CT molecular complexity index is 1680. The van der Waals surface area contributed by atoms with Crippen molar-refractivity contribution in [2.45, 2.75) is 51.4 Å². The van der Waals surface area contributed by atoms with E-state index < -0.39 is 11.9 Å². The summed E-state index contributed by atoms with van der Waals surface area (Å²) in [7, 11) is 0. The Morgan fingerprint density at radius 3 is 1.60 bits per heavy atom. The number of fused-ring (bicyclic) bond motifs is 2. The van der Waals surface area contributed by atoms with E-state index in [0.717, 1.165) is 92.4 Å². The fourth-order valence-corrected chi connectivity index (χ4v) is 6.69. The highest BCUT2D eigenvalue weighted by Crippen LogP contribution is 2.29. The van der Waals surface area contributed by atoms with Crippen molar-refractivity contribution in [3.05, 3.63) is 88.6 Å². The van der Waals surface area contributed by atoms with E-state index in [-0.39, 0.29) is 5.69 Å². The van der Waals surface area contributed by atoms with Crippen LogP contribution in [0.4, 0.5) is 0 Å². The van der Waals surface area contributed by atoms with Crippen LogP contribution in [0.1, 0.15) is 80.3 Å². The molecule has 2 heterocycles. The first kappa shape index (κ1) is 29.7. The minimum absolute atomic E-state index is 0.157. The van der Waals surface area contributed by atoms with Crippen LogP contribution in [0.5, 0.6) is 0 Å². The van der Waals surface area contributed by atoms with Crippen molar-refractivity contribution in [3.63, 3.8) is 0 Å². The molecule has 2 aliphatic carbocycles. The Balaban J connectivity index is 0.000000168. The zero-order valence-electron chi connectivity index (χ0n) is 22.4. The van der Waals surface area contributed by atoms with Gasteiger partial charge in [-0.1, -0.05) is 0 Å². The first-order chi connectivity index (χ1) is 20.2. The molecule has 0 spiro atoms. The maximum absolute atomic E-state index is 11.6. The number of carbonyl (C=O) groups excluding carboxylic acids is 1. The Hall–Kier alpha value is -3.76. The van der Waals surface area contributed by atoms with Gasteiger partial charge in [0.05, 0.1) is 22.5 Å². The van der Waals surface area contributed by atoms with Gasteiger partial charge in [-0.05, 0) is 133 Å². The molecule has 6 rings (SSSR count). The van der Waals surface area contributed by atoms with Crippen molar-refractivity contribution in [3.8, 4) is 23.5 Å². The molecule has 0 aliphatic heterocycles. The molecule has 212 valence electrons. The highest BCUT2D eigenvalue weighted by Gasteiger charge is 2.26. The summed E-state index contributed by atoms with van der Waals surface area (Å²) in [4.78, 5) is 23.0. The van der Waals surface area contributed by atoms with Gasteiger partial charge in [-0.3, -0.25) is 4.79 Å². The number of hydrogen-bond acceptors (Lipinski definition) is 6. The average molecular weight is 785 g/mol. The van der Waals surface area contributed by atoms with Gasteiger partial charge in [0.2, 0.25) is 0 Å². The van der Waals surface area contributed by atoms with Crippen molar-refractivity contribution in [1.29, 1.82) is 10.5 Å². The van der Waals surface area contributed by atoms with Gasteiger partial charge in [-0.25, -0.2) is 14.2 Å². The van der Waals surface area contributed by atoms with Gasteiger partial charge < -0.3 is 10.8 Å². The number of aromatic nitrogens is 4.